The molecule has 1 N–H and O–H groups in total. The van der Waals surface area contributed by atoms with Crippen LogP contribution in [0.2, 0.25) is 5.15 Å². The Morgan fingerprint density at radius 3 is 3.09 bits per heavy atom. The maximum Gasteiger partial charge on any atom is 0.407 e. The fraction of sp³-hybridized carbons (Fsp3) is 0.533. The van der Waals surface area contributed by atoms with Crippen molar-refractivity contribution in [2.45, 2.75) is 37.8 Å². The van der Waals surface area contributed by atoms with E-state index in [1.165, 1.54) is 23.9 Å². The number of nitrogens with one attached hydrogen (secondary N) is 1. The van der Waals surface area contributed by atoms with Gasteiger partial charge in [0.1, 0.15) is 5.15 Å². The van der Waals surface area contributed by atoms with E-state index in [1.54, 1.807) is 0 Å². The van der Waals surface area contributed by atoms with E-state index in [2.05, 4.69) is 15.0 Å². The van der Waals surface area contributed by atoms with Gasteiger partial charge in [-0.1, -0.05) is 11.6 Å². The molecule has 2 aromatic heterocycles. The quantitative estimate of drug-likeness (QED) is 0.850. The van der Waals surface area contributed by atoms with Crippen molar-refractivity contribution in [3.8, 4) is 0 Å². The smallest absolute Gasteiger partial charge is 0.407 e. The normalized spacial score (nSPS) is 26.6. The van der Waals surface area contributed by atoms with Gasteiger partial charge < -0.3 is 10.1 Å². The molecule has 2 atom stereocenters. The second-order valence-corrected chi connectivity index (χ2v) is 6.44. The van der Waals surface area contributed by atoms with Crippen LogP contribution in [0.15, 0.2) is 17.1 Å². The predicted molar refractivity (Wildman–Crippen MR) is 86.8 cm³/mol. The minimum Gasteiger partial charge on any atom is -0.453 e. The summed E-state index contributed by atoms with van der Waals surface area (Å²) in [5.41, 5.74) is -0.577. The molecule has 124 valence electrons. The van der Waals surface area contributed by atoms with E-state index < -0.39 is 24.3 Å². The van der Waals surface area contributed by atoms with Gasteiger partial charge in [0, 0.05) is 28.7 Å². The van der Waals surface area contributed by atoms with Gasteiger partial charge in [0.15, 0.2) is 0 Å². The van der Waals surface area contributed by atoms with Gasteiger partial charge in [-0.3, -0.25) is 9.13 Å². The lowest BCUT2D eigenvalue weighted by Gasteiger charge is -2.25. The molecule has 0 bridgehead atoms. The molecule has 1 amide bonds. The van der Waals surface area contributed by atoms with Crippen molar-refractivity contribution >= 4 is 28.7 Å². The van der Waals surface area contributed by atoms with Crippen LogP contribution in [0.5, 0.6) is 0 Å². The number of fused-ring (bicyclic) bond motifs is 1. The standard InChI is InChI=1S/C15H19ClN4O3/c1-15(18-13(21)23-3)5-4-9(7-15)20-10-6-12(16)17-8-11(10)19(2)14(20)22/h6,8-9H,4-5,7H2,1-3H3,(H,18,21)/t9-,15+/m1/s1/i2D3. The molecule has 0 aromatic carbocycles. The molecule has 23 heavy (non-hydrogen) atoms. The minimum absolute atomic E-state index is 0.169. The Hall–Kier alpha value is -2.02. The van der Waals surface area contributed by atoms with E-state index in [4.69, 9.17) is 15.7 Å². The Labute approximate surface area is 142 Å². The summed E-state index contributed by atoms with van der Waals surface area (Å²) in [4.78, 5) is 28.4. The van der Waals surface area contributed by atoms with Gasteiger partial charge in [0.2, 0.25) is 0 Å². The van der Waals surface area contributed by atoms with E-state index in [1.807, 2.05) is 6.92 Å². The Kier molecular flexibility index (Phi) is 3.00. The number of hydrogen-bond acceptors (Lipinski definition) is 4. The summed E-state index contributed by atoms with van der Waals surface area (Å²) in [5, 5.41) is 2.96. The first-order valence-electron chi connectivity index (χ1n) is 8.71. The van der Waals surface area contributed by atoms with Crippen LogP contribution in [0.1, 0.15) is 36.3 Å². The van der Waals surface area contributed by atoms with Crippen LogP contribution in [-0.4, -0.2) is 32.9 Å². The van der Waals surface area contributed by atoms with Crippen molar-refractivity contribution in [3.63, 3.8) is 0 Å². The third-order valence-corrected chi connectivity index (χ3v) is 4.60. The number of halogens is 1. The van der Waals surface area contributed by atoms with Crippen LogP contribution in [0.3, 0.4) is 0 Å². The molecule has 1 aliphatic rings. The molecule has 0 aliphatic heterocycles. The number of alkyl carbamates (subject to hydrolysis) is 1. The van der Waals surface area contributed by atoms with Crippen molar-refractivity contribution in [3.05, 3.63) is 27.9 Å². The molecule has 0 spiro atoms. The number of aryl methyl sites for hydroxylation is 1. The van der Waals surface area contributed by atoms with Gasteiger partial charge in [-0.05, 0) is 26.2 Å². The van der Waals surface area contributed by atoms with Crippen LogP contribution in [-0.2, 0) is 11.7 Å². The van der Waals surface area contributed by atoms with E-state index in [9.17, 15) is 9.59 Å². The highest BCUT2D eigenvalue weighted by molar-refractivity contribution is 6.29. The van der Waals surface area contributed by atoms with Crippen molar-refractivity contribution in [2.75, 3.05) is 7.11 Å². The minimum atomic E-state index is -2.64. The molecular weight excluding hydrogens is 320 g/mol. The number of ether oxygens (including phenoxy) is 1. The summed E-state index contributed by atoms with van der Waals surface area (Å²) in [5.74, 6) is 0. The first kappa shape index (κ1) is 12.4. The summed E-state index contributed by atoms with van der Waals surface area (Å²) in [6, 6.07) is 1.21. The number of amides is 1. The number of hydrogen-bond donors (Lipinski definition) is 1. The lowest BCUT2D eigenvalue weighted by molar-refractivity contribution is 0.157. The largest absolute Gasteiger partial charge is 0.453 e. The molecule has 1 fully saturated rings. The van der Waals surface area contributed by atoms with Gasteiger partial charge in [-0.25, -0.2) is 14.6 Å². The number of imidazole rings is 1. The second-order valence-electron chi connectivity index (χ2n) is 6.06. The zero-order valence-corrected chi connectivity index (χ0v) is 13.6. The molecule has 3 rings (SSSR count). The molecule has 1 saturated carbocycles. The van der Waals surface area contributed by atoms with Crippen LogP contribution in [0, 0.1) is 0 Å². The summed E-state index contributed by atoms with van der Waals surface area (Å²) in [6.07, 6.45) is 2.43. The second kappa shape index (κ2) is 5.56. The summed E-state index contributed by atoms with van der Waals surface area (Å²) < 4.78 is 29.9. The average Bonchev–Trinajstić information content (AvgIpc) is 3.03. The topological polar surface area (TPSA) is 78.2 Å². The summed E-state index contributed by atoms with van der Waals surface area (Å²) in [7, 11) is 1.29. The predicted octanol–water partition coefficient (Wildman–Crippen LogP) is 2.23. The van der Waals surface area contributed by atoms with Gasteiger partial charge in [-0.2, -0.15) is 0 Å². The van der Waals surface area contributed by atoms with Crippen molar-refractivity contribution in [1.82, 2.24) is 19.4 Å². The Morgan fingerprint density at radius 2 is 2.39 bits per heavy atom. The number of pyridine rings is 1. The SMILES string of the molecule is [2H]C([2H])([2H])n1c(=O)n([C@@H]2CC[C@](C)(NC(=O)OC)C2)c2cc(Cl)ncc21. The molecule has 0 unspecified atom stereocenters. The molecule has 2 heterocycles. The number of methoxy groups -OCH3 is 1. The van der Waals surface area contributed by atoms with Crippen LogP contribution in [0.25, 0.3) is 11.0 Å². The molecule has 0 saturated heterocycles. The first-order valence-corrected chi connectivity index (χ1v) is 7.59. The number of carbonyl (C=O) groups excluding carboxylic acids is 1. The molecule has 1 aliphatic carbocycles. The average molecular weight is 342 g/mol. The van der Waals surface area contributed by atoms with E-state index in [-0.39, 0.29) is 16.7 Å². The monoisotopic (exact) mass is 341 g/mol. The van der Waals surface area contributed by atoms with Crippen molar-refractivity contribution in [1.29, 1.82) is 0 Å². The fourth-order valence-electron chi connectivity index (χ4n) is 3.29. The van der Waals surface area contributed by atoms with E-state index in [0.717, 1.165) is 4.57 Å². The number of aromatic nitrogens is 3. The molecule has 0 radical (unpaired) electrons. The van der Waals surface area contributed by atoms with Gasteiger partial charge in [-0.15, -0.1) is 0 Å². The summed E-state index contributed by atoms with van der Waals surface area (Å²) >= 11 is 5.97. The Morgan fingerprint density at radius 1 is 1.61 bits per heavy atom. The zero-order valence-electron chi connectivity index (χ0n) is 15.8. The third-order valence-electron chi connectivity index (χ3n) is 4.40. The molecule has 2 aromatic rings. The number of carbonyl (C=O) groups is 1. The van der Waals surface area contributed by atoms with Gasteiger partial charge in [0.25, 0.3) is 0 Å². The van der Waals surface area contributed by atoms with Gasteiger partial charge in [0.05, 0.1) is 24.3 Å². The lowest BCUT2D eigenvalue weighted by Crippen LogP contribution is -2.44. The van der Waals surface area contributed by atoms with Gasteiger partial charge >= 0.3 is 11.8 Å². The Bertz CT molecular complexity index is 923. The third kappa shape index (κ3) is 2.69. The van der Waals surface area contributed by atoms with Crippen LogP contribution in [0.4, 0.5) is 4.79 Å². The number of nitrogens with zero attached hydrogens (tertiary/aromatic N) is 3. The van der Waals surface area contributed by atoms with Crippen LogP contribution >= 0.6 is 11.6 Å². The highest BCUT2D eigenvalue weighted by atomic mass is 35.5. The van der Waals surface area contributed by atoms with Crippen molar-refractivity contribution < 1.29 is 13.6 Å². The lowest BCUT2D eigenvalue weighted by atomic mass is 10.0. The highest BCUT2D eigenvalue weighted by Crippen LogP contribution is 2.38. The fourth-order valence-corrected chi connectivity index (χ4v) is 3.44. The number of rotatable bonds is 2. The molecule has 8 heteroatoms. The van der Waals surface area contributed by atoms with Crippen LogP contribution < -0.4 is 11.0 Å². The maximum absolute atomic E-state index is 12.9. The summed E-state index contributed by atoms with van der Waals surface area (Å²) in [6.45, 7) is -0.769. The van der Waals surface area contributed by atoms with Crippen molar-refractivity contribution in [2.24, 2.45) is 6.98 Å². The Balaban J connectivity index is 2.09. The maximum atomic E-state index is 12.9. The zero-order chi connectivity index (χ0) is 19.3. The molecule has 7 nitrogen and oxygen atoms in total. The first-order chi connectivity index (χ1) is 12.1. The van der Waals surface area contributed by atoms with E-state index >= 15 is 0 Å². The van der Waals surface area contributed by atoms with E-state index in [0.29, 0.717) is 24.8 Å². The molecular formula is C15H19ClN4O3. The highest BCUT2D eigenvalue weighted by Gasteiger charge is 2.38.